The third kappa shape index (κ3) is 0.891. The van der Waals surface area contributed by atoms with Crippen LogP contribution >= 0.6 is 0 Å². The highest BCUT2D eigenvalue weighted by atomic mass is 15.2. The highest BCUT2D eigenvalue weighted by molar-refractivity contribution is 5.08. The topological polar surface area (TPSA) is 3.24 Å². The van der Waals surface area contributed by atoms with Crippen molar-refractivity contribution in [2.75, 3.05) is 7.05 Å². The Balaban J connectivity index is 2.33. The Labute approximate surface area is 76.1 Å². The maximum absolute atomic E-state index is 2.61. The van der Waals surface area contributed by atoms with E-state index in [9.17, 15) is 0 Å². The maximum atomic E-state index is 2.61. The summed E-state index contributed by atoms with van der Waals surface area (Å²) >= 11 is 0. The molecule has 2 aliphatic rings. The Morgan fingerprint density at radius 2 is 1.92 bits per heavy atom. The van der Waals surface area contributed by atoms with E-state index < -0.39 is 0 Å². The van der Waals surface area contributed by atoms with Gasteiger partial charge in [0.15, 0.2) is 0 Å². The average Bonchev–Trinajstić information content (AvgIpc) is 2.10. The first kappa shape index (κ1) is 8.55. The molecule has 1 heterocycles. The number of hydrogen-bond acceptors (Lipinski definition) is 1. The molecule has 1 saturated heterocycles. The van der Waals surface area contributed by atoms with E-state index in [0.717, 1.165) is 6.04 Å². The molecule has 0 aromatic carbocycles. The second-order valence-electron chi connectivity index (χ2n) is 5.47. The molecule has 2 fully saturated rings. The van der Waals surface area contributed by atoms with Crippen LogP contribution < -0.4 is 0 Å². The van der Waals surface area contributed by atoms with Gasteiger partial charge in [-0.05, 0) is 45.6 Å². The van der Waals surface area contributed by atoms with Crippen molar-refractivity contribution in [3.05, 3.63) is 0 Å². The fourth-order valence-electron chi connectivity index (χ4n) is 3.51. The lowest BCUT2D eigenvalue weighted by atomic mass is 9.70. The van der Waals surface area contributed by atoms with Gasteiger partial charge in [-0.1, -0.05) is 13.3 Å². The van der Waals surface area contributed by atoms with Crippen LogP contribution in [0.3, 0.4) is 0 Å². The number of hydrogen-bond donors (Lipinski definition) is 0. The fourth-order valence-corrected chi connectivity index (χ4v) is 3.51. The quantitative estimate of drug-likeness (QED) is 0.536. The van der Waals surface area contributed by atoms with E-state index in [4.69, 9.17) is 0 Å². The number of nitrogens with zero attached hydrogens (tertiary/aromatic N) is 1. The lowest BCUT2D eigenvalue weighted by Crippen LogP contribution is -2.40. The van der Waals surface area contributed by atoms with Crippen molar-refractivity contribution < 1.29 is 0 Å². The molecule has 70 valence electrons. The molecule has 0 N–H and O–H groups in total. The van der Waals surface area contributed by atoms with E-state index in [2.05, 4.69) is 32.7 Å². The normalized spacial score (nSPS) is 54.5. The van der Waals surface area contributed by atoms with Crippen molar-refractivity contribution in [3.63, 3.8) is 0 Å². The van der Waals surface area contributed by atoms with Crippen LogP contribution in [0.4, 0.5) is 0 Å². The average molecular weight is 167 g/mol. The molecule has 0 radical (unpaired) electrons. The smallest absolute Gasteiger partial charge is 0.0187 e. The van der Waals surface area contributed by atoms with Crippen LogP contribution in [0.25, 0.3) is 0 Å². The fraction of sp³-hybridized carbons (Fsp3) is 1.00. The van der Waals surface area contributed by atoms with Gasteiger partial charge in [0.1, 0.15) is 0 Å². The van der Waals surface area contributed by atoms with Gasteiger partial charge in [-0.15, -0.1) is 0 Å². The van der Waals surface area contributed by atoms with Crippen LogP contribution in [0.5, 0.6) is 0 Å². The summed E-state index contributed by atoms with van der Waals surface area (Å²) in [6.07, 6.45) is 5.69. The van der Waals surface area contributed by atoms with Gasteiger partial charge in [0.05, 0.1) is 0 Å². The molecule has 0 spiro atoms. The SMILES string of the molecule is CC1N(C)[C@]2(C)CCC[C@@]1(C)C2. The summed E-state index contributed by atoms with van der Waals surface area (Å²) < 4.78 is 0. The van der Waals surface area contributed by atoms with Gasteiger partial charge in [0, 0.05) is 11.6 Å². The second kappa shape index (κ2) is 2.25. The molecular formula is C11H21N. The summed E-state index contributed by atoms with van der Waals surface area (Å²) in [5.74, 6) is 0. The van der Waals surface area contributed by atoms with E-state index in [1.807, 2.05) is 0 Å². The molecule has 1 nitrogen and oxygen atoms in total. The molecule has 0 aromatic heterocycles. The molecule has 1 heteroatoms. The van der Waals surface area contributed by atoms with Gasteiger partial charge < -0.3 is 0 Å². The molecule has 2 rings (SSSR count). The van der Waals surface area contributed by atoms with Gasteiger partial charge in [0.25, 0.3) is 0 Å². The molecule has 0 amide bonds. The highest BCUT2D eigenvalue weighted by Crippen LogP contribution is 2.54. The van der Waals surface area contributed by atoms with Crippen LogP contribution in [0.2, 0.25) is 0 Å². The van der Waals surface area contributed by atoms with E-state index in [0.29, 0.717) is 11.0 Å². The number of fused-ring (bicyclic) bond motifs is 2. The predicted molar refractivity (Wildman–Crippen MR) is 52.2 cm³/mol. The van der Waals surface area contributed by atoms with E-state index >= 15 is 0 Å². The van der Waals surface area contributed by atoms with E-state index in [1.165, 1.54) is 25.7 Å². The minimum absolute atomic E-state index is 0.520. The second-order valence-corrected chi connectivity index (χ2v) is 5.47. The summed E-state index contributed by atoms with van der Waals surface area (Å²) in [7, 11) is 2.31. The molecule has 1 aliphatic heterocycles. The van der Waals surface area contributed by atoms with Crippen LogP contribution in [-0.4, -0.2) is 23.5 Å². The van der Waals surface area contributed by atoms with Crippen molar-refractivity contribution in [1.29, 1.82) is 0 Å². The summed E-state index contributed by atoms with van der Waals surface area (Å²) in [6, 6.07) is 0.782. The first-order valence-electron chi connectivity index (χ1n) is 5.21. The van der Waals surface area contributed by atoms with Crippen molar-refractivity contribution >= 4 is 0 Å². The van der Waals surface area contributed by atoms with Gasteiger partial charge in [-0.3, -0.25) is 4.90 Å². The van der Waals surface area contributed by atoms with E-state index in [1.54, 1.807) is 0 Å². The lowest BCUT2D eigenvalue weighted by molar-refractivity contribution is 0.150. The standard InChI is InChI=1S/C11H21N/c1-9-10(2)6-5-7-11(3,8-10)12(9)4/h9H,5-8H2,1-4H3/t9?,10-,11+/m0/s1. The summed E-state index contributed by atoms with van der Waals surface area (Å²) in [5, 5.41) is 0. The van der Waals surface area contributed by atoms with E-state index in [-0.39, 0.29) is 0 Å². The highest BCUT2D eigenvalue weighted by Gasteiger charge is 2.53. The molecule has 0 aromatic rings. The Kier molecular flexibility index (Phi) is 1.61. The zero-order chi connectivity index (χ0) is 8.98. The van der Waals surface area contributed by atoms with Crippen molar-refractivity contribution in [2.24, 2.45) is 5.41 Å². The maximum Gasteiger partial charge on any atom is 0.0187 e. The van der Waals surface area contributed by atoms with Crippen molar-refractivity contribution in [2.45, 2.75) is 58.0 Å². The largest absolute Gasteiger partial charge is 0.298 e. The molecule has 12 heavy (non-hydrogen) atoms. The first-order valence-corrected chi connectivity index (χ1v) is 5.21. The minimum Gasteiger partial charge on any atom is -0.298 e. The molecular weight excluding hydrogens is 146 g/mol. The Bertz CT molecular complexity index is 181. The minimum atomic E-state index is 0.520. The van der Waals surface area contributed by atoms with Crippen LogP contribution in [0, 0.1) is 5.41 Å². The molecule has 1 saturated carbocycles. The molecule has 1 aliphatic carbocycles. The molecule has 2 bridgehead atoms. The van der Waals surface area contributed by atoms with Crippen LogP contribution in [0.15, 0.2) is 0 Å². The Hall–Kier alpha value is -0.0400. The van der Waals surface area contributed by atoms with Gasteiger partial charge in [-0.2, -0.15) is 0 Å². The van der Waals surface area contributed by atoms with Crippen LogP contribution in [-0.2, 0) is 0 Å². The molecule has 1 unspecified atom stereocenters. The Morgan fingerprint density at radius 1 is 1.25 bits per heavy atom. The third-order valence-corrected chi connectivity index (χ3v) is 4.69. The summed E-state index contributed by atoms with van der Waals surface area (Å²) in [5.41, 5.74) is 1.13. The zero-order valence-electron chi connectivity index (χ0n) is 8.85. The molecule has 3 atom stereocenters. The lowest BCUT2D eigenvalue weighted by Gasteiger charge is -2.36. The summed E-state index contributed by atoms with van der Waals surface area (Å²) in [4.78, 5) is 2.61. The predicted octanol–water partition coefficient (Wildman–Crippen LogP) is 2.66. The van der Waals surface area contributed by atoms with Gasteiger partial charge >= 0.3 is 0 Å². The Morgan fingerprint density at radius 3 is 2.42 bits per heavy atom. The van der Waals surface area contributed by atoms with Crippen LogP contribution in [0.1, 0.15) is 46.5 Å². The summed E-state index contributed by atoms with van der Waals surface area (Å²) in [6.45, 7) is 7.31. The number of likely N-dealkylation sites (tertiary alicyclic amines) is 1. The van der Waals surface area contributed by atoms with Gasteiger partial charge in [-0.25, -0.2) is 0 Å². The zero-order valence-corrected chi connectivity index (χ0v) is 8.85. The van der Waals surface area contributed by atoms with Crippen molar-refractivity contribution in [3.8, 4) is 0 Å². The van der Waals surface area contributed by atoms with Gasteiger partial charge in [0.2, 0.25) is 0 Å². The first-order chi connectivity index (χ1) is 5.48. The number of rotatable bonds is 0. The van der Waals surface area contributed by atoms with Crippen molar-refractivity contribution in [1.82, 2.24) is 4.90 Å². The monoisotopic (exact) mass is 167 g/mol. The third-order valence-electron chi connectivity index (χ3n) is 4.69.